The fourth-order valence-corrected chi connectivity index (χ4v) is 4.51. The number of nitrogens with one attached hydrogen (secondary N) is 1. The Bertz CT molecular complexity index is 1600. The standard InChI is InChI=1S/C29H24N2O5/c32-27(23-17-20-10-4-7-13-26(20)36-29(23)35)31(25(28(33)34)16-19-8-2-1-3-9-19)15-14-21-18-30-24-12-6-5-11-22(21)24/h1-13,17-18,25,30H,14-16H2,(H,33,34)/t25-/m0/s1. The van der Waals surface area contributed by atoms with Gasteiger partial charge in [-0.3, -0.25) is 4.79 Å². The Kier molecular flexibility index (Phi) is 6.36. The van der Waals surface area contributed by atoms with Crippen molar-refractivity contribution in [3.8, 4) is 0 Å². The van der Waals surface area contributed by atoms with Gasteiger partial charge < -0.3 is 19.4 Å². The van der Waals surface area contributed by atoms with E-state index >= 15 is 0 Å². The fraction of sp³-hybridized carbons (Fsp3) is 0.138. The maximum Gasteiger partial charge on any atom is 0.349 e. The number of carbonyl (C=O) groups excluding carboxylic acids is 1. The predicted molar refractivity (Wildman–Crippen MR) is 137 cm³/mol. The zero-order valence-corrected chi connectivity index (χ0v) is 19.4. The van der Waals surface area contributed by atoms with E-state index in [2.05, 4.69) is 4.98 Å². The lowest BCUT2D eigenvalue weighted by molar-refractivity contribution is -0.142. The van der Waals surface area contributed by atoms with Gasteiger partial charge in [-0.15, -0.1) is 0 Å². The van der Waals surface area contributed by atoms with Gasteiger partial charge in [0, 0.05) is 35.5 Å². The first-order valence-corrected chi connectivity index (χ1v) is 11.7. The molecule has 0 spiro atoms. The van der Waals surface area contributed by atoms with E-state index < -0.39 is 23.5 Å². The summed E-state index contributed by atoms with van der Waals surface area (Å²) in [5, 5.41) is 11.8. The highest BCUT2D eigenvalue weighted by Gasteiger charge is 2.32. The quantitative estimate of drug-likeness (QED) is 0.315. The average molecular weight is 481 g/mol. The van der Waals surface area contributed by atoms with Crippen LogP contribution in [-0.4, -0.2) is 39.5 Å². The van der Waals surface area contributed by atoms with Crippen molar-refractivity contribution in [3.63, 3.8) is 0 Å². The monoisotopic (exact) mass is 480 g/mol. The van der Waals surface area contributed by atoms with E-state index in [1.54, 1.807) is 24.3 Å². The normalized spacial score (nSPS) is 12.0. The van der Waals surface area contributed by atoms with Crippen LogP contribution in [0.2, 0.25) is 0 Å². The summed E-state index contributed by atoms with van der Waals surface area (Å²) in [6.07, 6.45) is 2.38. The summed E-state index contributed by atoms with van der Waals surface area (Å²) in [6.45, 7) is 0.108. The minimum Gasteiger partial charge on any atom is -0.480 e. The third-order valence-electron chi connectivity index (χ3n) is 6.36. The molecule has 2 aromatic heterocycles. The van der Waals surface area contributed by atoms with Crippen LogP contribution in [-0.2, 0) is 17.6 Å². The third-order valence-corrected chi connectivity index (χ3v) is 6.36. The van der Waals surface area contributed by atoms with Gasteiger partial charge in [-0.25, -0.2) is 9.59 Å². The Morgan fingerprint density at radius 3 is 2.47 bits per heavy atom. The van der Waals surface area contributed by atoms with Crippen molar-refractivity contribution in [3.05, 3.63) is 118 Å². The van der Waals surface area contributed by atoms with Gasteiger partial charge in [0.2, 0.25) is 0 Å². The number of fused-ring (bicyclic) bond motifs is 2. The molecule has 1 atom stereocenters. The van der Waals surface area contributed by atoms with Crippen LogP contribution in [0.4, 0.5) is 0 Å². The molecule has 0 aliphatic heterocycles. The third kappa shape index (κ3) is 4.63. The number of carboxylic acids is 1. The van der Waals surface area contributed by atoms with Crippen molar-refractivity contribution in [2.75, 3.05) is 6.54 Å². The van der Waals surface area contributed by atoms with Crippen LogP contribution < -0.4 is 5.63 Å². The predicted octanol–water partition coefficient (Wildman–Crippen LogP) is 4.66. The molecule has 0 aliphatic carbocycles. The molecule has 2 N–H and O–H groups in total. The van der Waals surface area contributed by atoms with Gasteiger partial charge in [-0.2, -0.15) is 0 Å². The first kappa shape index (κ1) is 23.1. The number of carboxylic acid groups (broad SMARTS) is 1. The maximum atomic E-state index is 13.8. The van der Waals surface area contributed by atoms with Crippen LogP contribution in [0.25, 0.3) is 21.9 Å². The zero-order valence-electron chi connectivity index (χ0n) is 19.4. The Hall–Kier alpha value is -4.65. The van der Waals surface area contributed by atoms with Gasteiger partial charge in [0.25, 0.3) is 5.91 Å². The number of nitrogens with zero attached hydrogens (tertiary/aromatic N) is 1. The van der Waals surface area contributed by atoms with Crippen LogP contribution >= 0.6 is 0 Å². The number of carbonyl (C=O) groups is 2. The van der Waals surface area contributed by atoms with Gasteiger partial charge in [0.1, 0.15) is 17.2 Å². The molecule has 2 heterocycles. The molecule has 0 bridgehead atoms. The number of rotatable bonds is 8. The van der Waals surface area contributed by atoms with E-state index in [1.807, 2.05) is 60.8 Å². The Morgan fingerprint density at radius 2 is 1.67 bits per heavy atom. The van der Waals surface area contributed by atoms with E-state index in [-0.39, 0.29) is 18.5 Å². The number of H-pyrrole nitrogens is 1. The summed E-state index contributed by atoms with van der Waals surface area (Å²) in [4.78, 5) is 43.5. The lowest BCUT2D eigenvalue weighted by Crippen LogP contribution is -2.48. The number of aromatic nitrogens is 1. The van der Waals surface area contributed by atoms with Crippen LogP contribution in [0.15, 0.2) is 100 Å². The number of amides is 1. The zero-order chi connectivity index (χ0) is 25.1. The van der Waals surface area contributed by atoms with Gasteiger partial charge in [-0.1, -0.05) is 66.7 Å². The van der Waals surface area contributed by atoms with Crippen LogP contribution in [0.5, 0.6) is 0 Å². The molecule has 3 aromatic carbocycles. The molecule has 36 heavy (non-hydrogen) atoms. The summed E-state index contributed by atoms with van der Waals surface area (Å²) < 4.78 is 5.38. The Balaban J connectivity index is 1.53. The van der Waals surface area contributed by atoms with E-state index in [0.717, 1.165) is 22.0 Å². The first-order valence-electron chi connectivity index (χ1n) is 11.7. The molecule has 1 amide bonds. The molecule has 0 fully saturated rings. The highest BCUT2D eigenvalue weighted by atomic mass is 16.4. The molecule has 180 valence electrons. The number of aliphatic carboxylic acids is 1. The highest BCUT2D eigenvalue weighted by Crippen LogP contribution is 2.21. The van der Waals surface area contributed by atoms with Gasteiger partial charge in [-0.05, 0) is 35.7 Å². The molecule has 7 heteroatoms. The second-order valence-electron chi connectivity index (χ2n) is 8.64. The summed E-state index contributed by atoms with van der Waals surface area (Å²) in [5.41, 5.74) is 2.08. The second-order valence-corrected chi connectivity index (χ2v) is 8.64. The average Bonchev–Trinajstić information content (AvgIpc) is 3.31. The Morgan fingerprint density at radius 1 is 0.944 bits per heavy atom. The number of hydrogen-bond acceptors (Lipinski definition) is 4. The molecule has 0 unspecified atom stereocenters. The number of aromatic amines is 1. The van der Waals surface area contributed by atoms with Crippen molar-refractivity contribution in [1.29, 1.82) is 0 Å². The van der Waals surface area contributed by atoms with Crippen molar-refractivity contribution in [2.24, 2.45) is 0 Å². The molecule has 0 saturated carbocycles. The summed E-state index contributed by atoms with van der Waals surface area (Å²) in [5.74, 6) is -1.81. The molecule has 7 nitrogen and oxygen atoms in total. The van der Waals surface area contributed by atoms with E-state index in [0.29, 0.717) is 17.4 Å². The van der Waals surface area contributed by atoms with Crippen molar-refractivity contribution in [1.82, 2.24) is 9.88 Å². The SMILES string of the molecule is O=C(O)[C@H](Cc1ccccc1)N(CCc1c[nH]c2ccccc12)C(=O)c1cc2ccccc2oc1=O. The van der Waals surface area contributed by atoms with Crippen LogP contribution in [0, 0.1) is 0 Å². The second kappa shape index (κ2) is 9.92. The van der Waals surface area contributed by atoms with E-state index in [9.17, 15) is 19.5 Å². The molecule has 0 saturated heterocycles. The minimum absolute atomic E-state index is 0.106. The molecular weight excluding hydrogens is 456 g/mol. The number of benzene rings is 3. The van der Waals surface area contributed by atoms with E-state index in [1.165, 1.54) is 11.0 Å². The fourth-order valence-electron chi connectivity index (χ4n) is 4.51. The van der Waals surface area contributed by atoms with E-state index in [4.69, 9.17) is 4.42 Å². The van der Waals surface area contributed by atoms with Crippen LogP contribution in [0.1, 0.15) is 21.5 Å². The highest BCUT2D eigenvalue weighted by molar-refractivity contribution is 5.98. The topological polar surface area (TPSA) is 104 Å². The van der Waals surface area contributed by atoms with Crippen molar-refractivity contribution < 1.29 is 19.1 Å². The molecule has 5 aromatic rings. The summed E-state index contributed by atoms with van der Waals surface area (Å²) in [6, 6.07) is 24.1. The smallest absolute Gasteiger partial charge is 0.349 e. The summed E-state index contributed by atoms with van der Waals surface area (Å²) >= 11 is 0. The van der Waals surface area contributed by atoms with Crippen molar-refractivity contribution in [2.45, 2.75) is 18.9 Å². The van der Waals surface area contributed by atoms with Crippen LogP contribution in [0.3, 0.4) is 0 Å². The van der Waals surface area contributed by atoms with Gasteiger partial charge in [0.15, 0.2) is 0 Å². The minimum atomic E-state index is -1.17. The van der Waals surface area contributed by atoms with Crippen molar-refractivity contribution >= 4 is 33.7 Å². The molecule has 5 rings (SSSR count). The largest absolute Gasteiger partial charge is 0.480 e. The maximum absolute atomic E-state index is 13.8. The first-order chi connectivity index (χ1) is 17.5. The van der Waals surface area contributed by atoms with Gasteiger partial charge >= 0.3 is 11.6 Å². The van der Waals surface area contributed by atoms with Gasteiger partial charge in [0.05, 0.1) is 0 Å². The molecule has 0 radical (unpaired) electrons. The lowest BCUT2D eigenvalue weighted by atomic mass is 10.0. The number of para-hydroxylation sites is 2. The summed E-state index contributed by atoms with van der Waals surface area (Å²) in [7, 11) is 0. The number of hydrogen-bond donors (Lipinski definition) is 2. The Labute approximate surface area is 206 Å². The molecular formula is C29H24N2O5. The molecule has 0 aliphatic rings. The lowest BCUT2D eigenvalue weighted by Gasteiger charge is -2.29.